The molecule has 0 saturated carbocycles. The van der Waals surface area contributed by atoms with E-state index in [0.29, 0.717) is 57.9 Å². The monoisotopic (exact) mass is 768 g/mol. The van der Waals surface area contributed by atoms with Crippen molar-refractivity contribution in [3.05, 3.63) is 118 Å². The van der Waals surface area contributed by atoms with Gasteiger partial charge in [-0.3, -0.25) is 0 Å². The molecule has 0 radical (unpaired) electrons. The van der Waals surface area contributed by atoms with Crippen LogP contribution in [-0.4, -0.2) is 54.3 Å². The maximum atomic E-state index is 15.3. The first-order valence-electron chi connectivity index (χ1n) is 16.3. The molecule has 1 unspecified atom stereocenters. The van der Waals surface area contributed by atoms with E-state index in [0.717, 1.165) is 22.3 Å². The van der Waals surface area contributed by atoms with E-state index in [1.165, 1.54) is 4.31 Å². The van der Waals surface area contributed by atoms with E-state index < -0.39 is 10.0 Å². The van der Waals surface area contributed by atoms with E-state index in [1.807, 2.05) is 84.9 Å². The molecule has 0 spiro atoms. The smallest absolute Gasteiger partial charge is 0.245 e. The lowest BCUT2D eigenvalue weighted by Crippen LogP contribution is -2.31. The molecule has 1 aliphatic carbocycles. The van der Waals surface area contributed by atoms with Crippen molar-refractivity contribution >= 4 is 31.5 Å². The number of tetrazole rings is 1. The minimum atomic E-state index is -4.27. The number of benzene rings is 4. The molecule has 13 heteroatoms. The molecule has 4 aromatic carbocycles. The fraction of sp³-hybridized carbons (Fsp3) is 0.263. The van der Waals surface area contributed by atoms with Crippen molar-refractivity contribution in [2.75, 3.05) is 21.3 Å². The lowest BCUT2D eigenvalue weighted by Gasteiger charge is -2.27. The summed E-state index contributed by atoms with van der Waals surface area (Å²) in [6, 6.07) is 28.3. The largest absolute Gasteiger partial charge is 0.497 e. The summed E-state index contributed by atoms with van der Waals surface area (Å²) in [5, 5.41) is 22.4. The molecule has 6 rings (SSSR count). The molecule has 1 aromatic heterocycles. The van der Waals surface area contributed by atoms with Gasteiger partial charge in [0.1, 0.15) is 22.1 Å². The van der Waals surface area contributed by atoms with Gasteiger partial charge in [0, 0.05) is 23.1 Å². The molecule has 51 heavy (non-hydrogen) atoms. The zero-order valence-corrected chi connectivity index (χ0v) is 30.9. The Kier molecular flexibility index (Phi) is 11.1. The van der Waals surface area contributed by atoms with Gasteiger partial charge in [-0.05, 0) is 116 Å². The van der Waals surface area contributed by atoms with Crippen LogP contribution in [0.15, 0.2) is 100 Å². The second-order valence-corrected chi connectivity index (χ2v) is 14.8. The van der Waals surface area contributed by atoms with Crippen molar-refractivity contribution < 1.29 is 22.6 Å². The molecule has 11 nitrogen and oxygen atoms in total. The molecule has 0 aliphatic heterocycles. The number of hydrogen-bond donors (Lipinski definition) is 0. The third-order valence-corrected chi connectivity index (χ3v) is 11.7. The highest BCUT2D eigenvalue weighted by Gasteiger charge is 2.35. The standard InChI is InChI=1S/C38H37BrN6O5S/c1-48-31-14-6-27(7-15-31)23-44(24-28-8-16-32(49-2)17-9-28)51(46,47)37-35(39)21-20-34(30-12-4-26(22-40)5-13-30)36(37)38-41-42-43-45(38)25-29-10-18-33(50-3)19-11-29/h6-12,14-21,26H,4-5,13,23-25H2,1-3H3. The van der Waals surface area contributed by atoms with Gasteiger partial charge in [0.2, 0.25) is 10.0 Å². The second kappa shape index (κ2) is 15.9. The average Bonchev–Trinajstić information content (AvgIpc) is 3.62. The first-order chi connectivity index (χ1) is 24.7. The lowest BCUT2D eigenvalue weighted by molar-refractivity contribution is 0.397. The molecule has 5 aromatic rings. The number of ether oxygens (including phenoxy) is 3. The molecule has 0 bridgehead atoms. The Balaban J connectivity index is 1.52. The molecule has 0 amide bonds. The van der Waals surface area contributed by atoms with Crippen molar-refractivity contribution in [1.29, 1.82) is 5.26 Å². The van der Waals surface area contributed by atoms with Crippen molar-refractivity contribution in [2.24, 2.45) is 5.92 Å². The zero-order valence-electron chi connectivity index (χ0n) is 28.5. The van der Waals surface area contributed by atoms with Gasteiger partial charge in [-0.2, -0.15) is 9.57 Å². The fourth-order valence-electron chi connectivity index (χ4n) is 6.11. The number of sulfonamides is 1. The topological polar surface area (TPSA) is 132 Å². The Bertz CT molecular complexity index is 2110. The predicted molar refractivity (Wildman–Crippen MR) is 196 cm³/mol. The SMILES string of the molecule is COc1ccc(CN(Cc2ccc(OC)cc2)S(=O)(=O)c2c(Br)ccc(C3=CCC(C#N)CC3)c2-c2nnnn2Cc2ccc(OC)cc2)cc1. The van der Waals surface area contributed by atoms with Crippen LogP contribution < -0.4 is 14.2 Å². The van der Waals surface area contributed by atoms with Crippen LogP contribution in [-0.2, 0) is 29.7 Å². The lowest BCUT2D eigenvalue weighted by atomic mass is 9.85. The van der Waals surface area contributed by atoms with Crippen molar-refractivity contribution in [3.63, 3.8) is 0 Å². The highest BCUT2D eigenvalue weighted by molar-refractivity contribution is 9.10. The first kappa shape index (κ1) is 35.8. The number of allylic oxidation sites excluding steroid dienone is 2. The molecule has 0 saturated heterocycles. The number of hydrogen-bond acceptors (Lipinski definition) is 9. The van der Waals surface area contributed by atoms with Gasteiger partial charge in [-0.15, -0.1) is 5.10 Å². The normalized spacial score (nSPS) is 14.5. The van der Waals surface area contributed by atoms with Gasteiger partial charge >= 0.3 is 0 Å². The second-order valence-electron chi connectivity index (χ2n) is 12.1. The Labute approximate surface area is 306 Å². The van der Waals surface area contributed by atoms with Crippen LogP contribution in [0, 0.1) is 17.2 Å². The summed E-state index contributed by atoms with van der Waals surface area (Å²) in [4.78, 5) is 0.0520. The van der Waals surface area contributed by atoms with Gasteiger partial charge in [-0.25, -0.2) is 13.1 Å². The molecule has 1 aliphatic rings. The van der Waals surface area contributed by atoms with Crippen LogP contribution in [0.25, 0.3) is 17.0 Å². The van der Waals surface area contributed by atoms with Crippen LogP contribution in [0.3, 0.4) is 0 Å². The summed E-state index contributed by atoms with van der Waals surface area (Å²) < 4.78 is 50.1. The van der Waals surface area contributed by atoms with E-state index in [-0.39, 0.29) is 30.4 Å². The molecular formula is C38H37BrN6O5S. The number of aromatic nitrogens is 4. The first-order valence-corrected chi connectivity index (χ1v) is 18.5. The van der Waals surface area contributed by atoms with Crippen LogP contribution in [0.2, 0.25) is 0 Å². The summed E-state index contributed by atoms with van der Waals surface area (Å²) >= 11 is 3.64. The molecule has 0 fully saturated rings. The predicted octanol–water partition coefficient (Wildman–Crippen LogP) is 7.27. The highest BCUT2D eigenvalue weighted by Crippen LogP contribution is 2.43. The molecular weight excluding hydrogens is 732 g/mol. The van der Waals surface area contributed by atoms with Gasteiger partial charge in [0.15, 0.2) is 5.82 Å². The van der Waals surface area contributed by atoms with E-state index in [9.17, 15) is 5.26 Å². The minimum Gasteiger partial charge on any atom is -0.497 e. The summed E-state index contributed by atoms with van der Waals surface area (Å²) in [6.45, 7) is 0.449. The van der Waals surface area contributed by atoms with Crippen molar-refractivity contribution in [2.45, 2.75) is 43.8 Å². The van der Waals surface area contributed by atoms with Crippen molar-refractivity contribution in [3.8, 4) is 34.7 Å². The number of nitrogens with zero attached hydrogens (tertiary/aromatic N) is 6. The van der Waals surface area contributed by atoms with Crippen molar-refractivity contribution in [1.82, 2.24) is 24.5 Å². The zero-order chi connectivity index (χ0) is 36.0. The molecule has 1 heterocycles. The van der Waals surface area contributed by atoms with Gasteiger partial charge in [-0.1, -0.05) is 48.5 Å². The number of nitriles is 1. The Hall–Kier alpha value is -5.03. The number of methoxy groups -OCH3 is 3. The average molecular weight is 770 g/mol. The Morgan fingerprint density at radius 3 is 1.88 bits per heavy atom. The molecule has 1 atom stereocenters. The molecule has 0 N–H and O–H groups in total. The van der Waals surface area contributed by atoms with Crippen LogP contribution in [0.1, 0.15) is 41.5 Å². The van der Waals surface area contributed by atoms with E-state index >= 15 is 8.42 Å². The number of rotatable bonds is 13. The summed E-state index contributed by atoms with van der Waals surface area (Å²) in [6.07, 6.45) is 3.87. The van der Waals surface area contributed by atoms with Crippen LogP contribution in [0.5, 0.6) is 17.2 Å². The Morgan fingerprint density at radius 1 is 0.843 bits per heavy atom. The van der Waals surface area contributed by atoms with E-state index in [1.54, 1.807) is 32.1 Å². The van der Waals surface area contributed by atoms with Gasteiger partial charge in [0.25, 0.3) is 0 Å². The quantitative estimate of drug-likeness (QED) is 0.121. The number of halogens is 1. The fourth-order valence-corrected chi connectivity index (χ4v) is 8.73. The van der Waals surface area contributed by atoms with Crippen LogP contribution in [0.4, 0.5) is 0 Å². The van der Waals surface area contributed by atoms with Gasteiger partial charge in [0.05, 0.1) is 39.9 Å². The maximum absolute atomic E-state index is 15.3. The maximum Gasteiger partial charge on any atom is 0.245 e. The van der Waals surface area contributed by atoms with Gasteiger partial charge < -0.3 is 14.2 Å². The van der Waals surface area contributed by atoms with Crippen LogP contribution >= 0.6 is 15.9 Å². The highest BCUT2D eigenvalue weighted by atomic mass is 79.9. The minimum absolute atomic E-state index is 0.0520. The summed E-state index contributed by atoms with van der Waals surface area (Å²) in [7, 11) is 0.514. The summed E-state index contributed by atoms with van der Waals surface area (Å²) in [5.41, 5.74) is 4.50. The molecule has 262 valence electrons. The van der Waals surface area contributed by atoms with E-state index in [2.05, 4.69) is 37.5 Å². The Morgan fingerprint density at radius 2 is 1.39 bits per heavy atom. The third-order valence-electron chi connectivity index (χ3n) is 8.93. The summed E-state index contributed by atoms with van der Waals surface area (Å²) in [5.74, 6) is 2.26. The van der Waals surface area contributed by atoms with E-state index in [4.69, 9.17) is 14.2 Å². The third kappa shape index (κ3) is 7.99.